The number of terminal acetylenes is 1. The number of carbonyl (C=O) groups is 1. The van der Waals surface area contributed by atoms with Crippen molar-refractivity contribution >= 4 is 5.97 Å². The van der Waals surface area contributed by atoms with Crippen LogP contribution in [0, 0.1) is 12.3 Å². The molecule has 90 valence electrons. The van der Waals surface area contributed by atoms with Gasteiger partial charge in [0.15, 0.2) is 0 Å². The van der Waals surface area contributed by atoms with Gasteiger partial charge in [0, 0.05) is 6.54 Å². The molecule has 1 atom stereocenters. The maximum absolute atomic E-state index is 10.5. The van der Waals surface area contributed by atoms with Gasteiger partial charge in [-0.2, -0.15) is 0 Å². The number of hydrogen-bond donors (Lipinski definition) is 2. The summed E-state index contributed by atoms with van der Waals surface area (Å²) in [6.07, 6.45) is 6.31. The Balaban J connectivity index is 2.51. The molecule has 1 rings (SSSR count). The quantitative estimate of drug-likeness (QED) is 0.734. The summed E-state index contributed by atoms with van der Waals surface area (Å²) in [7, 11) is 0. The Hall–Kier alpha value is -1.79. The molecule has 0 heterocycles. The number of nitrogens with one attached hydrogen (secondary N) is 1. The maximum Gasteiger partial charge on any atom is 0.307 e. The van der Waals surface area contributed by atoms with Crippen molar-refractivity contribution in [1.29, 1.82) is 0 Å². The first-order chi connectivity index (χ1) is 8.15. The van der Waals surface area contributed by atoms with Gasteiger partial charge in [-0.05, 0) is 17.5 Å². The predicted molar refractivity (Wildman–Crippen MR) is 67.5 cm³/mol. The third-order valence-electron chi connectivity index (χ3n) is 2.54. The summed E-state index contributed by atoms with van der Waals surface area (Å²) in [5, 5.41) is 11.9. The second-order valence-corrected chi connectivity index (χ2v) is 3.90. The zero-order valence-corrected chi connectivity index (χ0v) is 9.94. The maximum atomic E-state index is 10.5. The standard InChI is InChI=1S/C14H17NO2/c1-3-13(4-2)15-10-12-7-5-11(6-8-12)9-14(16)17/h1,5-8,13,15H,4,9-10H2,2H3,(H,16,17). The van der Waals surface area contributed by atoms with E-state index in [4.69, 9.17) is 11.5 Å². The molecule has 0 radical (unpaired) electrons. The van der Waals surface area contributed by atoms with Crippen LogP contribution in [0.2, 0.25) is 0 Å². The van der Waals surface area contributed by atoms with Crippen molar-refractivity contribution in [2.24, 2.45) is 0 Å². The Bertz CT molecular complexity index is 403. The minimum Gasteiger partial charge on any atom is -0.481 e. The predicted octanol–water partition coefficient (Wildman–Crippen LogP) is 1.82. The van der Waals surface area contributed by atoms with Crippen LogP contribution in [0.3, 0.4) is 0 Å². The van der Waals surface area contributed by atoms with Crippen molar-refractivity contribution in [3.63, 3.8) is 0 Å². The van der Waals surface area contributed by atoms with E-state index < -0.39 is 5.97 Å². The third-order valence-corrected chi connectivity index (χ3v) is 2.54. The summed E-state index contributed by atoms with van der Waals surface area (Å²) in [5.41, 5.74) is 1.91. The van der Waals surface area contributed by atoms with Crippen molar-refractivity contribution in [1.82, 2.24) is 5.32 Å². The fraction of sp³-hybridized carbons (Fsp3) is 0.357. The minimum atomic E-state index is -0.811. The van der Waals surface area contributed by atoms with Crippen molar-refractivity contribution < 1.29 is 9.90 Å². The molecule has 0 spiro atoms. The van der Waals surface area contributed by atoms with E-state index in [1.54, 1.807) is 0 Å². The molecule has 0 bridgehead atoms. The molecule has 1 aromatic rings. The van der Waals surface area contributed by atoms with Crippen LogP contribution >= 0.6 is 0 Å². The number of carboxylic acid groups (broad SMARTS) is 1. The molecule has 1 aromatic carbocycles. The Kier molecular flexibility index (Phi) is 5.25. The summed E-state index contributed by atoms with van der Waals surface area (Å²) in [6, 6.07) is 7.61. The van der Waals surface area contributed by atoms with E-state index in [0.29, 0.717) is 6.54 Å². The number of hydrogen-bond acceptors (Lipinski definition) is 2. The zero-order valence-electron chi connectivity index (χ0n) is 9.94. The molecule has 0 aliphatic rings. The van der Waals surface area contributed by atoms with Gasteiger partial charge < -0.3 is 5.11 Å². The van der Waals surface area contributed by atoms with Gasteiger partial charge in [-0.25, -0.2) is 0 Å². The molecule has 3 nitrogen and oxygen atoms in total. The highest BCUT2D eigenvalue weighted by Crippen LogP contribution is 2.05. The summed E-state index contributed by atoms with van der Waals surface area (Å²) in [6.45, 7) is 2.74. The lowest BCUT2D eigenvalue weighted by atomic mass is 10.1. The fourth-order valence-corrected chi connectivity index (χ4v) is 1.51. The lowest BCUT2D eigenvalue weighted by Gasteiger charge is -2.10. The van der Waals surface area contributed by atoms with E-state index in [0.717, 1.165) is 17.5 Å². The molecule has 0 aliphatic heterocycles. The summed E-state index contributed by atoms with van der Waals surface area (Å²) in [4.78, 5) is 10.5. The van der Waals surface area contributed by atoms with Crippen LogP contribution in [-0.2, 0) is 17.8 Å². The molecule has 0 aromatic heterocycles. The van der Waals surface area contributed by atoms with Crippen molar-refractivity contribution in [3.05, 3.63) is 35.4 Å². The van der Waals surface area contributed by atoms with Crippen molar-refractivity contribution in [3.8, 4) is 12.3 Å². The van der Waals surface area contributed by atoms with E-state index in [1.165, 1.54) is 0 Å². The van der Waals surface area contributed by atoms with Crippen LogP contribution in [0.15, 0.2) is 24.3 Å². The Labute approximate surface area is 102 Å². The van der Waals surface area contributed by atoms with Gasteiger partial charge in [-0.3, -0.25) is 10.1 Å². The summed E-state index contributed by atoms with van der Waals surface area (Å²) < 4.78 is 0. The van der Waals surface area contributed by atoms with E-state index in [2.05, 4.69) is 11.2 Å². The van der Waals surface area contributed by atoms with Crippen molar-refractivity contribution in [2.75, 3.05) is 0 Å². The highest BCUT2D eigenvalue weighted by Gasteiger charge is 2.02. The lowest BCUT2D eigenvalue weighted by molar-refractivity contribution is -0.136. The average molecular weight is 231 g/mol. The fourth-order valence-electron chi connectivity index (χ4n) is 1.51. The second-order valence-electron chi connectivity index (χ2n) is 3.90. The van der Waals surface area contributed by atoms with Crippen LogP contribution in [0.1, 0.15) is 24.5 Å². The Morgan fingerprint density at radius 1 is 1.41 bits per heavy atom. The SMILES string of the molecule is C#CC(CC)NCc1ccc(CC(=O)O)cc1. The van der Waals surface area contributed by atoms with Crippen LogP contribution in [0.25, 0.3) is 0 Å². The Morgan fingerprint density at radius 2 is 2.00 bits per heavy atom. The first kappa shape index (κ1) is 13.3. The topological polar surface area (TPSA) is 49.3 Å². The van der Waals surface area contributed by atoms with Gasteiger partial charge in [0.25, 0.3) is 0 Å². The molecule has 3 heteroatoms. The first-order valence-electron chi connectivity index (χ1n) is 5.64. The smallest absolute Gasteiger partial charge is 0.307 e. The third kappa shape index (κ3) is 4.71. The van der Waals surface area contributed by atoms with Gasteiger partial charge in [-0.1, -0.05) is 37.1 Å². The van der Waals surface area contributed by atoms with Crippen LogP contribution in [-0.4, -0.2) is 17.1 Å². The molecule has 17 heavy (non-hydrogen) atoms. The molecule has 2 N–H and O–H groups in total. The molecular weight excluding hydrogens is 214 g/mol. The Morgan fingerprint density at radius 3 is 2.47 bits per heavy atom. The van der Waals surface area contributed by atoms with E-state index in [9.17, 15) is 4.79 Å². The second kappa shape index (κ2) is 6.72. The van der Waals surface area contributed by atoms with Gasteiger partial charge >= 0.3 is 5.97 Å². The van der Waals surface area contributed by atoms with E-state index in [1.807, 2.05) is 31.2 Å². The summed E-state index contributed by atoms with van der Waals surface area (Å²) in [5.74, 6) is 1.86. The van der Waals surface area contributed by atoms with Gasteiger partial charge in [0.05, 0.1) is 12.5 Å². The molecule has 0 saturated carbocycles. The minimum absolute atomic E-state index is 0.0651. The van der Waals surface area contributed by atoms with Gasteiger partial charge in [0.2, 0.25) is 0 Å². The van der Waals surface area contributed by atoms with Crippen LogP contribution < -0.4 is 5.32 Å². The highest BCUT2D eigenvalue weighted by atomic mass is 16.4. The number of carboxylic acids is 1. The molecule has 0 aliphatic carbocycles. The highest BCUT2D eigenvalue weighted by molar-refractivity contribution is 5.70. The van der Waals surface area contributed by atoms with Gasteiger partial charge in [-0.15, -0.1) is 6.42 Å². The van der Waals surface area contributed by atoms with E-state index in [-0.39, 0.29) is 12.5 Å². The van der Waals surface area contributed by atoms with Crippen molar-refractivity contribution in [2.45, 2.75) is 32.4 Å². The molecule has 0 fully saturated rings. The monoisotopic (exact) mass is 231 g/mol. The average Bonchev–Trinajstić information content (AvgIpc) is 2.32. The number of benzene rings is 1. The summed E-state index contributed by atoms with van der Waals surface area (Å²) >= 11 is 0. The van der Waals surface area contributed by atoms with E-state index >= 15 is 0 Å². The molecule has 0 amide bonds. The van der Waals surface area contributed by atoms with Gasteiger partial charge in [0.1, 0.15) is 0 Å². The molecule has 0 saturated heterocycles. The molecule has 1 unspecified atom stereocenters. The molecular formula is C14H17NO2. The number of rotatable bonds is 6. The lowest BCUT2D eigenvalue weighted by Crippen LogP contribution is -2.26. The first-order valence-corrected chi connectivity index (χ1v) is 5.64. The zero-order chi connectivity index (χ0) is 12.7. The number of aliphatic carboxylic acids is 1. The van der Waals surface area contributed by atoms with Crippen LogP contribution in [0.4, 0.5) is 0 Å². The van der Waals surface area contributed by atoms with Crippen LogP contribution in [0.5, 0.6) is 0 Å². The largest absolute Gasteiger partial charge is 0.481 e. The normalized spacial score (nSPS) is 11.8.